The highest BCUT2D eigenvalue weighted by molar-refractivity contribution is 7.99. The van der Waals surface area contributed by atoms with E-state index in [0.29, 0.717) is 5.92 Å². The Balaban J connectivity index is 1.98. The van der Waals surface area contributed by atoms with Gasteiger partial charge in [-0.1, -0.05) is 26.7 Å². The molecule has 1 aliphatic rings. The van der Waals surface area contributed by atoms with Crippen molar-refractivity contribution in [2.45, 2.75) is 57.0 Å². The summed E-state index contributed by atoms with van der Waals surface area (Å²) in [5, 5.41) is 0.768. The maximum Gasteiger partial charge on any atom is 0.251 e. The Labute approximate surface area is 113 Å². The number of nitrogens with one attached hydrogen (secondary N) is 1. The predicted molar refractivity (Wildman–Crippen MR) is 77.0 cm³/mol. The van der Waals surface area contributed by atoms with Gasteiger partial charge in [0.15, 0.2) is 0 Å². The Morgan fingerprint density at radius 2 is 2.17 bits per heavy atom. The third kappa shape index (κ3) is 4.16. The van der Waals surface area contributed by atoms with E-state index in [1.54, 1.807) is 6.07 Å². The van der Waals surface area contributed by atoms with Crippen LogP contribution in [-0.2, 0) is 12.2 Å². The van der Waals surface area contributed by atoms with E-state index in [0.717, 1.165) is 28.9 Å². The van der Waals surface area contributed by atoms with E-state index in [9.17, 15) is 4.79 Å². The quantitative estimate of drug-likeness (QED) is 0.890. The standard InChI is InChI=1S/C14H22N2OS/c1-10(2)7-11-8-14(17)16-13(15-11)9-18-12-5-3-4-6-12/h8,10,12H,3-7,9H2,1-2H3,(H,15,16,17). The zero-order valence-electron chi connectivity index (χ0n) is 11.2. The van der Waals surface area contributed by atoms with Crippen LogP contribution in [0.1, 0.15) is 51.0 Å². The molecule has 3 nitrogen and oxygen atoms in total. The molecule has 100 valence electrons. The third-order valence-corrected chi connectivity index (χ3v) is 4.60. The first-order chi connectivity index (χ1) is 8.63. The van der Waals surface area contributed by atoms with Crippen molar-refractivity contribution < 1.29 is 0 Å². The first-order valence-electron chi connectivity index (χ1n) is 6.84. The average molecular weight is 266 g/mol. The number of thioether (sulfide) groups is 1. The van der Waals surface area contributed by atoms with Gasteiger partial charge in [-0.2, -0.15) is 11.8 Å². The molecule has 1 aliphatic carbocycles. The molecular weight excluding hydrogens is 244 g/mol. The number of H-pyrrole nitrogens is 1. The van der Waals surface area contributed by atoms with Gasteiger partial charge in [-0.3, -0.25) is 4.79 Å². The number of hydrogen-bond donors (Lipinski definition) is 1. The minimum absolute atomic E-state index is 0.0114. The van der Waals surface area contributed by atoms with Crippen LogP contribution in [0.25, 0.3) is 0 Å². The summed E-state index contributed by atoms with van der Waals surface area (Å²) < 4.78 is 0. The molecule has 2 rings (SSSR count). The van der Waals surface area contributed by atoms with E-state index >= 15 is 0 Å². The molecule has 1 aromatic rings. The molecule has 0 saturated heterocycles. The summed E-state index contributed by atoms with van der Waals surface area (Å²) in [6, 6.07) is 1.63. The van der Waals surface area contributed by atoms with Gasteiger partial charge in [-0.25, -0.2) is 4.98 Å². The number of rotatable bonds is 5. The summed E-state index contributed by atoms with van der Waals surface area (Å²) in [4.78, 5) is 19.0. The minimum atomic E-state index is -0.0114. The molecule has 0 radical (unpaired) electrons. The second kappa shape index (κ2) is 6.41. The van der Waals surface area contributed by atoms with Crippen LogP contribution in [0.15, 0.2) is 10.9 Å². The summed E-state index contributed by atoms with van der Waals surface area (Å²) >= 11 is 1.94. The molecule has 0 atom stereocenters. The lowest BCUT2D eigenvalue weighted by Gasteiger charge is -2.09. The van der Waals surface area contributed by atoms with Crippen molar-refractivity contribution in [2.75, 3.05) is 0 Å². The molecule has 1 heterocycles. The van der Waals surface area contributed by atoms with Gasteiger partial charge in [0.25, 0.3) is 5.56 Å². The molecule has 0 bridgehead atoms. The lowest BCUT2D eigenvalue weighted by Crippen LogP contribution is -2.14. The lowest BCUT2D eigenvalue weighted by atomic mass is 10.1. The molecule has 1 fully saturated rings. The van der Waals surface area contributed by atoms with E-state index < -0.39 is 0 Å². The first kappa shape index (κ1) is 13.7. The van der Waals surface area contributed by atoms with E-state index in [1.165, 1.54) is 25.7 Å². The van der Waals surface area contributed by atoms with Crippen molar-refractivity contribution in [1.29, 1.82) is 0 Å². The molecule has 18 heavy (non-hydrogen) atoms. The highest BCUT2D eigenvalue weighted by Crippen LogP contribution is 2.30. The van der Waals surface area contributed by atoms with Crippen LogP contribution < -0.4 is 5.56 Å². The van der Waals surface area contributed by atoms with Crippen molar-refractivity contribution in [1.82, 2.24) is 9.97 Å². The molecule has 0 unspecified atom stereocenters. The highest BCUT2D eigenvalue weighted by atomic mass is 32.2. The molecule has 1 aromatic heterocycles. The van der Waals surface area contributed by atoms with Crippen molar-refractivity contribution in [3.63, 3.8) is 0 Å². The Kier molecular flexibility index (Phi) is 4.87. The van der Waals surface area contributed by atoms with Gasteiger partial charge in [0.05, 0.1) is 5.75 Å². The van der Waals surface area contributed by atoms with Crippen LogP contribution in [0.2, 0.25) is 0 Å². The maximum atomic E-state index is 11.6. The second-order valence-electron chi connectivity index (χ2n) is 5.50. The number of aromatic amines is 1. The van der Waals surface area contributed by atoms with Gasteiger partial charge in [-0.15, -0.1) is 0 Å². The summed E-state index contributed by atoms with van der Waals surface area (Å²) in [5.41, 5.74) is 0.915. The van der Waals surface area contributed by atoms with Crippen LogP contribution >= 0.6 is 11.8 Å². The van der Waals surface area contributed by atoms with E-state index in [2.05, 4.69) is 23.8 Å². The summed E-state index contributed by atoms with van der Waals surface area (Å²) in [5.74, 6) is 2.22. The zero-order chi connectivity index (χ0) is 13.0. The van der Waals surface area contributed by atoms with Crippen molar-refractivity contribution in [3.05, 3.63) is 27.9 Å². The Bertz CT molecular complexity index is 436. The van der Waals surface area contributed by atoms with Gasteiger partial charge in [0.2, 0.25) is 0 Å². The van der Waals surface area contributed by atoms with Gasteiger partial charge in [0.1, 0.15) is 5.82 Å². The fourth-order valence-corrected chi connectivity index (χ4v) is 3.60. The SMILES string of the molecule is CC(C)Cc1cc(=O)[nH]c(CSC2CCCC2)n1. The summed E-state index contributed by atoms with van der Waals surface area (Å²) in [6.45, 7) is 4.30. The normalized spacial score (nSPS) is 16.6. The van der Waals surface area contributed by atoms with Crippen molar-refractivity contribution >= 4 is 11.8 Å². The fraction of sp³-hybridized carbons (Fsp3) is 0.714. The van der Waals surface area contributed by atoms with Crippen LogP contribution in [0, 0.1) is 5.92 Å². The summed E-state index contributed by atoms with van der Waals surface area (Å²) in [6.07, 6.45) is 6.23. The number of aromatic nitrogens is 2. The van der Waals surface area contributed by atoms with Crippen LogP contribution in [-0.4, -0.2) is 15.2 Å². The Morgan fingerprint density at radius 3 is 2.83 bits per heavy atom. The maximum absolute atomic E-state index is 11.6. The minimum Gasteiger partial charge on any atom is -0.310 e. The first-order valence-corrected chi connectivity index (χ1v) is 7.89. The Morgan fingerprint density at radius 1 is 1.44 bits per heavy atom. The zero-order valence-corrected chi connectivity index (χ0v) is 12.1. The van der Waals surface area contributed by atoms with Gasteiger partial charge in [-0.05, 0) is 25.2 Å². The Hall–Kier alpha value is -0.770. The molecule has 1 saturated carbocycles. The van der Waals surface area contributed by atoms with Crippen molar-refractivity contribution in [3.8, 4) is 0 Å². The van der Waals surface area contributed by atoms with E-state index in [-0.39, 0.29) is 5.56 Å². The predicted octanol–water partition coefficient (Wildman–Crippen LogP) is 3.14. The van der Waals surface area contributed by atoms with E-state index in [4.69, 9.17) is 0 Å². The van der Waals surface area contributed by atoms with Gasteiger partial charge < -0.3 is 4.98 Å². The smallest absolute Gasteiger partial charge is 0.251 e. The number of nitrogens with zero attached hydrogens (tertiary/aromatic N) is 1. The highest BCUT2D eigenvalue weighted by Gasteiger charge is 2.15. The topological polar surface area (TPSA) is 45.8 Å². The van der Waals surface area contributed by atoms with Crippen LogP contribution in [0.4, 0.5) is 0 Å². The third-order valence-electron chi connectivity index (χ3n) is 3.22. The van der Waals surface area contributed by atoms with Gasteiger partial charge >= 0.3 is 0 Å². The van der Waals surface area contributed by atoms with E-state index in [1.807, 2.05) is 11.8 Å². The average Bonchev–Trinajstić information content (AvgIpc) is 2.77. The monoisotopic (exact) mass is 266 g/mol. The molecular formula is C14H22N2OS. The molecule has 0 aliphatic heterocycles. The lowest BCUT2D eigenvalue weighted by molar-refractivity contribution is 0.630. The second-order valence-corrected chi connectivity index (χ2v) is 6.79. The van der Waals surface area contributed by atoms with Gasteiger partial charge in [0, 0.05) is 17.0 Å². The van der Waals surface area contributed by atoms with Crippen LogP contribution in [0.5, 0.6) is 0 Å². The molecule has 0 aromatic carbocycles. The molecule has 1 N–H and O–H groups in total. The molecule has 0 spiro atoms. The molecule has 4 heteroatoms. The largest absolute Gasteiger partial charge is 0.310 e. The van der Waals surface area contributed by atoms with Crippen molar-refractivity contribution in [2.24, 2.45) is 5.92 Å². The molecule has 0 amide bonds. The number of hydrogen-bond acceptors (Lipinski definition) is 3. The van der Waals surface area contributed by atoms with Crippen LogP contribution in [0.3, 0.4) is 0 Å². The fourth-order valence-electron chi connectivity index (χ4n) is 2.41. The summed E-state index contributed by atoms with van der Waals surface area (Å²) in [7, 11) is 0.